The van der Waals surface area contributed by atoms with Crippen molar-refractivity contribution >= 4 is 27.8 Å². The molecule has 1 atom stereocenters. The van der Waals surface area contributed by atoms with Crippen LogP contribution in [0.5, 0.6) is 0 Å². The number of carboxylic acids is 1. The maximum atomic E-state index is 12.9. The zero-order valence-corrected chi connectivity index (χ0v) is 12.3. The summed E-state index contributed by atoms with van der Waals surface area (Å²) in [5.41, 5.74) is 0.621. The van der Waals surface area contributed by atoms with E-state index < -0.39 is 23.7 Å². The number of carboxylic acid groups (broad SMARTS) is 1. The molecule has 2 aromatic rings. The van der Waals surface area contributed by atoms with E-state index in [0.29, 0.717) is 15.6 Å². The lowest BCUT2D eigenvalue weighted by Gasteiger charge is -2.15. The Morgan fingerprint density at radius 2 is 1.71 bits per heavy atom. The van der Waals surface area contributed by atoms with Crippen LogP contribution < -0.4 is 5.32 Å². The first-order valence-electron chi connectivity index (χ1n) is 6.02. The molecule has 0 aliphatic rings. The number of nitrogens with one attached hydrogen (secondary N) is 1. The molecule has 1 unspecified atom stereocenters. The zero-order chi connectivity index (χ0) is 15.4. The average Bonchev–Trinajstić information content (AvgIpc) is 2.46. The lowest BCUT2D eigenvalue weighted by molar-refractivity contribution is -0.139. The van der Waals surface area contributed by atoms with Crippen molar-refractivity contribution in [2.24, 2.45) is 0 Å². The summed E-state index contributed by atoms with van der Waals surface area (Å²) in [5.74, 6) is -2.22. The third-order valence-corrected chi connectivity index (χ3v) is 3.54. The summed E-state index contributed by atoms with van der Waals surface area (Å²) in [7, 11) is 0. The molecule has 0 saturated heterocycles. The Labute approximate surface area is 128 Å². The van der Waals surface area contributed by atoms with Crippen LogP contribution in [0.1, 0.15) is 22.0 Å². The van der Waals surface area contributed by atoms with Crippen molar-refractivity contribution in [3.8, 4) is 0 Å². The number of hydrogen-bond donors (Lipinski definition) is 2. The zero-order valence-electron chi connectivity index (χ0n) is 10.7. The van der Waals surface area contributed by atoms with Crippen molar-refractivity contribution < 1.29 is 19.1 Å². The first kappa shape index (κ1) is 15.2. The highest BCUT2D eigenvalue weighted by molar-refractivity contribution is 9.10. The van der Waals surface area contributed by atoms with Crippen LogP contribution in [0.25, 0.3) is 0 Å². The molecule has 0 aliphatic carbocycles. The maximum absolute atomic E-state index is 12.9. The molecule has 21 heavy (non-hydrogen) atoms. The molecule has 0 aromatic heterocycles. The van der Waals surface area contributed by atoms with Gasteiger partial charge >= 0.3 is 5.97 Å². The van der Waals surface area contributed by atoms with Gasteiger partial charge in [-0.3, -0.25) is 4.79 Å². The Morgan fingerprint density at radius 1 is 1.10 bits per heavy atom. The largest absolute Gasteiger partial charge is 0.479 e. The van der Waals surface area contributed by atoms with Crippen LogP contribution in [0.15, 0.2) is 53.0 Å². The van der Waals surface area contributed by atoms with E-state index in [1.807, 2.05) is 0 Å². The molecule has 0 heterocycles. The third kappa shape index (κ3) is 3.66. The van der Waals surface area contributed by atoms with Crippen molar-refractivity contribution in [1.82, 2.24) is 5.32 Å². The molecule has 0 saturated carbocycles. The van der Waals surface area contributed by atoms with Crippen LogP contribution in [-0.2, 0) is 4.79 Å². The first-order valence-corrected chi connectivity index (χ1v) is 6.82. The Morgan fingerprint density at radius 3 is 2.29 bits per heavy atom. The second-order valence-electron chi connectivity index (χ2n) is 4.28. The quantitative estimate of drug-likeness (QED) is 0.889. The van der Waals surface area contributed by atoms with Gasteiger partial charge < -0.3 is 10.4 Å². The van der Waals surface area contributed by atoms with E-state index in [-0.39, 0.29) is 0 Å². The monoisotopic (exact) mass is 351 g/mol. The number of amides is 1. The van der Waals surface area contributed by atoms with E-state index >= 15 is 0 Å². The minimum Gasteiger partial charge on any atom is -0.479 e. The summed E-state index contributed by atoms with van der Waals surface area (Å²) >= 11 is 3.23. The van der Waals surface area contributed by atoms with Crippen molar-refractivity contribution in [3.05, 3.63) is 69.9 Å². The van der Waals surface area contributed by atoms with E-state index in [9.17, 15) is 19.1 Å². The fourth-order valence-electron chi connectivity index (χ4n) is 1.80. The van der Waals surface area contributed by atoms with Gasteiger partial charge in [0, 0.05) is 4.47 Å². The molecule has 0 bridgehead atoms. The Bertz CT molecular complexity index is 673. The average molecular weight is 352 g/mol. The van der Waals surface area contributed by atoms with Gasteiger partial charge in [0.15, 0.2) is 6.04 Å². The van der Waals surface area contributed by atoms with E-state index in [2.05, 4.69) is 21.2 Å². The topological polar surface area (TPSA) is 66.4 Å². The molecular formula is C15H11BrFNO3. The van der Waals surface area contributed by atoms with Crippen LogP contribution in [0.4, 0.5) is 4.39 Å². The fourth-order valence-corrected chi connectivity index (χ4v) is 2.26. The van der Waals surface area contributed by atoms with Gasteiger partial charge in [0.25, 0.3) is 5.91 Å². The smallest absolute Gasteiger partial charge is 0.330 e. The Hall–Kier alpha value is -2.21. The molecule has 2 rings (SSSR count). The molecule has 4 nitrogen and oxygen atoms in total. The summed E-state index contributed by atoms with van der Waals surface area (Å²) in [5, 5.41) is 11.7. The molecule has 1 amide bonds. The SMILES string of the molecule is O=C(NC(C(=O)O)c1ccc(F)cc1)c1ccccc1Br. The van der Waals surface area contributed by atoms with Gasteiger partial charge in [-0.25, -0.2) is 9.18 Å². The number of benzene rings is 2. The predicted molar refractivity (Wildman–Crippen MR) is 78.4 cm³/mol. The van der Waals surface area contributed by atoms with Gasteiger partial charge in [-0.1, -0.05) is 24.3 Å². The lowest BCUT2D eigenvalue weighted by atomic mass is 10.1. The van der Waals surface area contributed by atoms with Crippen LogP contribution in [0.3, 0.4) is 0 Å². The van der Waals surface area contributed by atoms with Gasteiger partial charge in [-0.2, -0.15) is 0 Å². The van der Waals surface area contributed by atoms with Crippen molar-refractivity contribution in [2.75, 3.05) is 0 Å². The van der Waals surface area contributed by atoms with E-state index in [4.69, 9.17) is 0 Å². The van der Waals surface area contributed by atoms with Crippen molar-refractivity contribution in [3.63, 3.8) is 0 Å². The number of carbonyl (C=O) groups excluding carboxylic acids is 1. The lowest BCUT2D eigenvalue weighted by Crippen LogP contribution is -2.33. The molecule has 2 N–H and O–H groups in total. The van der Waals surface area contributed by atoms with Crippen LogP contribution in [0, 0.1) is 5.82 Å². The van der Waals surface area contributed by atoms with Gasteiger partial charge in [-0.05, 0) is 45.8 Å². The van der Waals surface area contributed by atoms with Crippen molar-refractivity contribution in [2.45, 2.75) is 6.04 Å². The molecular weight excluding hydrogens is 341 g/mol. The van der Waals surface area contributed by atoms with E-state index in [1.165, 1.54) is 12.1 Å². The van der Waals surface area contributed by atoms with Gasteiger partial charge in [-0.15, -0.1) is 0 Å². The third-order valence-electron chi connectivity index (χ3n) is 2.84. The standard InChI is InChI=1S/C15H11BrFNO3/c16-12-4-2-1-3-11(12)14(19)18-13(15(20)21)9-5-7-10(17)8-6-9/h1-8,13H,(H,18,19)(H,20,21). The summed E-state index contributed by atoms with van der Waals surface area (Å²) in [4.78, 5) is 23.5. The van der Waals surface area contributed by atoms with E-state index in [0.717, 1.165) is 12.1 Å². The molecule has 0 radical (unpaired) electrons. The predicted octanol–water partition coefficient (Wildman–Crippen LogP) is 3.14. The minimum absolute atomic E-state index is 0.296. The first-order chi connectivity index (χ1) is 9.99. The minimum atomic E-state index is -1.25. The number of carbonyl (C=O) groups is 2. The highest BCUT2D eigenvalue weighted by atomic mass is 79.9. The van der Waals surface area contributed by atoms with Crippen molar-refractivity contribution in [1.29, 1.82) is 0 Å². The van der Waals surface area contributed by atoms with Gasteiger partial charge in [0.05, 0.1) is 5.56 Å². The fraction of sp³-hybridized carbons (Fsp3) is 0.0667. The summed E-state index contributed by atoms with van der Waals surface area (Å²) in [6.07, 6.45) is 0. The molecule has 0 spiro atoms. The highest BCUT2D eigenvalue weighted by Crippen LogP contribution is 2.19. The number of halogens is 2. The molecule has 0 fully saturated rings. The molecule has 108 valence electrons. The van der Waals surface area contributed by atoms with Gasteiger partial charge in [0.2, 0.25) is 0 Å². The molecule has 2 aromatic carbocycles. The van der Waals surface area contributed by atoms with Crippen LogP contribution in [-0.4, -0.2) is 17.0 Å². The Kier molecular flexibility index (Phi) is 4.70. The molecule has 6 heteroatoms. The second kappa shape index (κ2) is 6.49. The normalized spacial score (nSPS) is 11.7. The van der Waals surface area contributed by atoms with Crippen LogP contribution in [0.2, 0.25) is 0 Å². The second-order valence-corrected chi connectivity index (χ2v) is 5.13. The van der Waals surface area contributed by atoms with E-state index in [1.54, 1.807) is 24.3 Å². The number of aliphatic carboxylic acids is 1. The summed E-state index contributed by atoms with van der Waals surface area (Å²) in [6.45, 7) is 0. The summed E-state index contributed by atoms with van der Waals surface area (Å²) in [6, 6.07) is 10.4. The van der Waals surface area contributed by atoms with Crippen LogP contribution >= 0.6 is 15.9 Å². The number of hydrogen-bond acceptors (Lipinski definition) is 2. The highest BCUT2D eigenvalue weighted by Gasteiger charge is 2.23. The summed E-state index contributed by atoms with van der Waals surface area (Å²) < 4.78 is 13.5. The van der Waals surface area contributed by atoms with Gasteiger partial charge in [0.1, 0.15) is 5.82 Å². The maximum Gasteiger partial charge on any atom is 0.330 e. The Balaban J connectivity index is 2.25. The number of rotatable bonds is 4. The molecule has 0 aliphatic heterocycles.